The van der Waals surface area contributed by atoms with E-state index in [1.807, 2.05) is 0 Å². The molecule has 0 fully saturated rings. The third kappa shape index (κ3) is 2.03. The zero-order valence-corrected chi connectivity index (χ0v) is 6.06. The fraction of sp³-hybridized carbons (Fsp3) is 0. The van der Waals surface area contributed by atoms with Crippen molar-refractivity contribution in [1.29, 1.82) is 0 Å². The van der Waals surface area contributed by atoms with Gasteiger partial charge in [-0.3, -0.25) is 0 Å². The summed E-state index contributed by atoms with van der Waals surface area (Å²) in [6.45, 7) is 0. The Kier molecular flexibility index (Phi) is 2.83. The van der Waals surface area contributed by atoms with Crippen molar-refractivity contribution in [3.8, 4) is 5.75 Å². The number of nitrogens with two attached hydrogens (primary N) is 2. The topological polar surface area (TPSA) is 72.3 Å². The van der Waals surface area contributed by atoms with Gasteiger partial charge in [-0.15, -0.1) is 12.4 Å². The van der Waals surface area contributed by atoms with Crippen LogP contribution < -0.4 is 11.5 Å². The number of phenolic OH excluding ortho intramolecular Hbond substituents is 1. The molecule has 1 rings (SSSR count). The second kappa shape index (κ2) is 3.17. The molecule has 1 aromatic carbocycles. The van der Waals surface area contributed by atoms with Gasteiger partial charge in [-0.25, -0.2) is 0 Å². The highest BCUT2D eigenvalue weighted by Crippen LogP contribution is 2.17. The van der Waals surface area contributed by atoms with Gasteiger partial charge in [0.15, 0.2) is 0 Å². The molecule has 0 radical (unpaired) electrons. The molecule has 4 heteroatoms. The van der Waals surface area contributed by atoms with E-state index in [0.717, 1.165) is 0 Å². The Labute approximate surface area is 65.1 Å². The maximum Gasteiger partial charge on any atom is 0.119 e. The van der Waals surface area contributed by atoms with Crippen LogP contribution in [-0.2, 0) is 0 Å². The largest absolute Gasteiger partial charge is 0.508 e. The Morgan fingerprint density at radius 3 is 1.70 bits per heavy atom. The van der Waals surface area contributed by atoms with Crippen LogP contribution in [0.5, 0.6) is 5.75 Å². The molecule has 0 heterocycles. The number of rotatable bonds is 0. The lowest BCUT2D eigenvalue weighted by molar-refractivity contribution is 0.476. The molecule has 0 unspecified atom stereocenters. The van der Waals surface area contributed by atoms with Crippen LogP contribution in [-0.4, -0.2) is 5.11 Å². The normalized spacial score (nSPS) is 8.40. The molecule has 5 N–H and O–H groups in total. The summed E-state index contributed by atoms with van der Waals surface area (Å²) in [6.07, 6.45) is 0. The van der Waals surface area contributed by atoms with Gasteiger partial charge >= 0.3 is 0 Å². The number of nitrogen functional groups attached to an aromatic ring is 2. The lowest BCUT2D eigenvalue weighted by Crippen LogP contribution is -1.88. The quantitative estimate of drug-likeness (QED) is 0.496. The lowest BCUT2D eigenvalue weighted by atomic mass is 10.3. The molecule has 0 spiro atoms. The third-order valence-electron chi connectivity index (χ3n) is 0.962. The van der Waals surface area contributed by atoms with Crippen LogP contribution in [0.15, 0.2) is 18.2 Å². The van der Waals surface area contributed by atoms with Crippen LogP contribution in [0.3, 0.4) is 0 Å². The van der Waals surface area contributed by atoms with Crippen molar-refractivity contribution >= 4 is 23.8 Å². The predicted molar refractivity (Wildman–Crippen MR) is 44.2 cm³/mol. The fourth-order valence-electron chi connectivity index (χ4n) is 0.659. The summed E-state index contributed by atoms with van der Waals surface area (Å²) < 4.78 is 0. The van der Waals surface area contributed by atoms with Crippen molar-refractivity contribution in [2.45, 2.75) is 0 Å². The first kappa shape index (κ1) is 8.91. The summed E-state index contributed by atoms with van der Waals surface area (Å²) in [7, 11) is 0. The SMILES string of the molecule is Cl.Nc1cc(N)cc(O)c1. The summed E-state index contributed by atoms with van der Waals surface area (Å²) in [6, 6.07) is 4.46. The molecule has 1 aromatic rings. The van der Waals surface area contributed by atoms with E-state index in [2.05, 4.69) is 0 Å². The second-order valence-electron chi connectivity index (χ2n) is 1.86. The summed E-state index contributed by atoms with van der Waals surface area (Å²) >= 11 is 0. The van der Waals surface area contributed by atoms with E-state index in [-0.39, 0.29) is 18.2 Å². The molecule has 0 saturated heterocycles. The number of aromatic hydroxyl groups is 1. The van der Waals surface area contributed by atoms with Crippen molar-refractivity contribution in [3.05, 3.63) is 18.2 Å². The molecular formula is C6H9ClN2O. The van der Waals surface area contributed by atoms with Gasteiger partial charge in [0.05, 0.1) is 0 Å². The van der Waals surface area contributed by atoms with E-state index >= 15 is 0 Å². The number of benzene rings is 1. The number of hydrogen-bond acceptors (Lipinski definition) is 3. The summed E-state index contributed by atoms with van der Waals surface area (Å²) in [4.78, 5) is 0. The average Bonchev–Trinajstić information content (AvgIpc) is 1.59. The molecule has 0 saturated carbocycles. The van der Waals surface area contributed by atoms with Gasteiger partial charge in [0.2, 0.25) is 0 Å². The number of halogens is 1. The number of hydrogen-bond donors (Lipinski definition) is 3. The molecule has 0 aliphatic rings. The van der Waals surface area contributed by atoms with E-state index in [1.54, 1.807) is 6.07 Å². The Morgan fingerprint density at radius 1 is 1.00 bits per heavy atom. The van der Waals surface area contributed by atoms with Crippen molar-refractivity contribution in [1.82, 2.24) is 0 Å². The Bertz CT molecular complexity index is 177. The first-order valence-corrected chi connectivity index (χ1v) is 2.53. The van der Waals surface area contributed by atoms with Gasteiger partial charge in [-0.2, -0.15) is 0 Å². The summed E-state index contributed by atoms with van der Waals surface area (Å²) in [5, 5.41) is 8.83. The molecule has 56 valence electrons. The van der Waals surface area contributed by atoms with Crippen molar-refractivity contribution in [2.75, 3.05) is 11.5 Å². The van der Waals surface area contributed by atoms with E-state index in [4.69, 9.17) is 16.6 Å². The molecular weight excluding hydrogens is 152 g/mol. The van der Waals surface area contributed by atoms with Crippen LogP contribution in [0.2, 0.25) is 0 Å². The lowest BCUT2D eigenvalue weighted by Gasteiger charge is -1.96. The molecule has 0 aliphatic heterocycles. The minimum atomic E-state index is 0. The fourth-order valence-corrected chi connectivity index (χ4v) is 0.659. The molecule has 3 nitrogen and oxygen atoms in total. The highest BCUT2D eigenvalue weighted by Gasteiger charge is 1.90. The minimum absolute atomic E-state index is 0. The average molecular weight is 161 g/mol. The minimum Gasteiger partial charge on any atom is -0.508 e. The Balaban J connectivity index is 0.000000810. The summed E-state index contributed by atoms with van der Waals surface area (Å²) in [5.41, 5.74) is 11.6. The smallest absolute Gasteiger partial charge is 0.119 e. The summed E-state index contributed by atoms with van der Waals surface area (Å²) in [5.74, 6) is 0.104. The number of phenols is 1. The molecule has 0 bridgehead atoms. The first-order chi connectivity index (χ1) is 4.18. The van der Waals surface area contributed by atoms with E-state index < -0.39 is 0 Å². The van der Waals surface area contributed by atoms with Crippen LogP contribution in [0.25, 0.3) is 0 Å². The molecule has 0 aromatic heterocycles. The Hall–Kier alpha value is -1.09. The van der Waals surface area contributed by atoms with Gasteiger partial charge < -0.3 is 16.6 Å². The maximum atomic E-state index is 8.83. The highest BCUT2D eigenvalue weighted by atomic mass is 35.5. The van der Waals surface area contributed by atoms with Gasteiger partial charge in [0, 0.05) is 23.5 Å². The molecule has 0 aliphatic carbocycles. The molecule has 0 atom stereocenters. The van der Waals surface area contributed by atoms with Crippen molar-refractivity contribution in [3.63, 3.8) is 0 Å². The zero-order chi connectivity index (χ0) is 6.85. The standard InChI is InChI=1S/C6H8N2O.ClH/c7-4-1-5(8)3-6(9)2-4;/h1-3,9H,7-8H2;1H. The van der Waals surface area contributed by atoms with Gasteiger partial charge in [0.1, 0.15) is 5.75 Å². The Morgan fingerprint density at radius 2 is 1.40 bits per heavy atom. The van der Waals surface area contributed by atoms with E-state index in [9.17, 15) is 0 Å². The van der Waals surface area contributed by atoms with Crippen LogP contribution in [0, 0.1) is 0 Å². The first-order valence-electron chi connectivity index (χ1n) is 2.53. The maximum absolute atomic E-state index is 8.83. The van der Waals surface area contributed by atoms with Crippen molar-refractivity contribution < 1.29 is 5.11 Å². The molecule has 10 heavy (non-hydrogen) atoms. The van der Waals surface area contributed by atoms with E-state index in [1.165, 1.54) is 12.1 Å². The van der Waals surface area contributed by atoms with Gasteiger partial charge in [0.25, 0.3) is 0 Å². The van der Waals surface area contributed by atoms with Crippen LogP contribution in [0.4, 0.5) is 11.4 Å². The van der Waals surface area contributed by atoms with Gasteiger partial charge in [-0.05, 0) is 6.07 Å². The molecule has 0 amide bonds. The number of anilines is 2. The predicted octanol–water partition coefficient (Wildman–Crippen LogP) is 0.978. The van der Waals surface area contributed by atoms with Gasteiger partial charge in [-0.1, -0.05) is 0 Å². The van der Waals surface area contributed by atoms with Crippen LogP contribution >= 0.6 is 12.4 Å². The second-order valence-corrected chi connectivity index (χ2v) is 1.86. The van der Waals surface area contributed by atoms with E-state index in [0.29, 0.717) is 11.4 Å². The van der Waals surface area contributed by atoms with Crippen molar-refractivity contribution in [2.24, 2.45) is 0 Å². The zero-order valence-electron chi connectivity index (χ0n) is 5.24. The monoisotopic (exact) mass is 160 g/mol. The van der Waals surface area contributed by atoms with Crippen LogP contribution in [0.1, 0.15) is 0 Å². The third-order valence-corrected chi connectivity index (χ3v) is 0.962. The highest BCUT2D eigenvalue weighted by molar-refractivity contribution is 5.85.